The zero-order chi connectivity index (χ0) is 23.9. The van der Waals surface area contributed by atoms with E-state index in [0.29, 0.717) is 24.2 Å². The van der Waals surface area contributed by atoms with E-state index in [4.69, 9.17) is 9.15 Å². The molecule has 3 fully saturated rings. The predicted octanol–water partition coefficient (Wildman–Crippen LogP) is 2.43. The lowest BCUT2D eigenvalue weighted by molar-refractivity contribution is -0.199. The van der Waals surface area contributed by atoms with Gasteiger partial charge in [-0.3, -0.25) is 9.69 Å². The van der Waals surface area contributed by atoms with Crippen LogP contribution >= 0.6 is 0 Å². The molecule has 3 heterocycles. The van der Waals surface area contributed by atoms with Crippen molar-refractivity contribution in [2.24, 2.45) is 5.92 Å². The number of ether oxygens (including phenoxy) is 1. The molecule has 1 aromatic heterocycles. The summed E-state index contributed by atoms with van der Waals surface area (Å²) in [6.45, 7) is 1.93. The molecule has 2 N–H and O–H groups in total. The lowest BCUT2D eigenvalue weighted by Gasteiger charge is -2.64. The molecule has 182 valence electrons. The standard InChI is InChI=1S/C28H30N2O5/c1-29(23(32)7-4-18-9-13-34-16-18)20-8-10-28(33)22-14-19-5-6-21(31)25-24(19)27(28,26(20)35-25)11-12-30(22)15-17-2-3-17/h5-6,9,13,16-17,20,22,26,31,33H,2-3,8,10-12,14-15H2,1H3/t20-,22+,26-,27-,28+/m0/s1. The number of likely N-dealkylation sites (tertiary alicyclic amines) is 1. The second kappa shape index (κ2) is 7.28. The van der Waals surface area contributed by atoms with Gasteiger partial charge in [-0.2, -0.15) is 0 Å². The van der Waals surface area contributed by atoms with Crippen LogP contribution in [0.3, 0.4) is 0 Å². The van der Waals surface area contributed by atoms with Crippen molar-refractivity contribution < 1.29 is 24.2 Å². The number of phenolic OH excluding ortho intramolecular Hbond substituents is 1. The van der Waals surface area contributed by atoms with Crippen LogP contribution in [0, 0.1) is 17.8 Å². The van der Waals surface area contributed by atoms with Crippen LogP contribution < -0.4 is 4.74 Å². The van der Waals surface area contributed by atoms with Crippen molar-refractivity contribution in [2.75, 3.05) is 20.1 Å². The van der Waals surface area contributed by atoms with Gasteiger partial charge in [0.25, 0.3) is 5.91 Å². The fourth-order valence-electron chi connectivity index (χ4n) is 7.55. The van der Waals surface area contributed by atoms with Crippen molar-refractivity contribution in [3.63, 3.8) is 0 Å². The second-order valence-electron chi connectivity index (χ2n) is 11.1. The van der Waals surface area contributed by atoms with E-state index < -0.39 is 17.1 Å². The van der Waals surface area contributed by atoms with Gasteiger partial charge in [-0.15, -0.1) is 0 Å². The highest BCUT2D eigenvalue weighted by molar-refractivity contribution is 5.94. The summed E-state index contributed by atoms with van der Waals surface area (Å²) in [5.74, 6) is 6.66. The third-order valence-electron chi connectivity index (χ3n) is 9.38. The fraction of sp³-hybridized carbons (Fsp3) is 0.536. The maximum atomic E-state index is 13.1. The molecule has 3 aliphatic carbocycles. The van der Waals surface area contributed by atoms with Crippen LogP contribution in [0.2, 0.25) is 0 Å². The third kappa shape index (κ3) is 2.84. The molecule has 35 heavy (non-hydrogen) atoms. The molecule has 0 radical (unpaired) electrons. The number of benzene rings is 1. The summed E-state index contributed by atoms with van der Waals surface area (Å²) in [5.41, 5.74) is 1.18. The Kier molecular flexibility index (Phi) is 4.44. The smallest absolute Gasteiger partial charge is 0.298 e. The molecule has 2 bridgehead atoms. The molecule has 2 aliphatic heterocycles. The minimum absolute atomic E-state index is 0.0220. The van der Waals surface area contributed by atoms with Crippen molar-refractivity contribution >= 4 is 5.91 Å². The van der Waals surface area contributed by atoms with Gasteiger partial charge in [-0.1, -0.05) is 12.0 Å². The minimum atomic E-state index is -0.959. The molecule has 1 aromatic carbocycles. The van der Waals surface area contributed by atoms with E-state index >= 15 is 0 Å². The molecule has 1 saturated heterocycles. The molecule has 2 aromatic rings. The highest BCUT2D eigenvalue weighted by atomic mass is 16.5. The summed E-state index contributed by atoms with van der Waals surface area (Å²) in [4.78, 5) is 17.3. The van der Waals surface area contributed by atoms with Gasteiger partial charge in [-0.25, -0.2) is 0 Å². The van der Waals surface area contributed by atoms with E-state index in [2.05, 4.69) is 16.7 Å². The largest absolute Gasteiger partial charge is 0.504 e. The number of nitrogens with zero attached hydrogens (tertiary/aromatic N) is 2. The lowest BCUT2D eigenvalue weighted by Crippen LogP contribution is -2.78. The van der Waals surface area contributed by atoms with Crippen LogP contribution in [-0.2, 0) is 16.6 Å². The van der Waals surface area contributed by atoms with Crippen LogP contribution in [0.5, 0.6) is 11.5 Å². The molecular weight excluding hydrogens is 444 g/mol. The van der Waals surface area contributed by atoms with Crippen LogP contribution in [-0.4, -0.2) is 69.8 Å². The van der Waals surface area contributed by atoms with Crippen molar-refractivity contribution in [3.05, 3.63) is 47.4 Å². The van der Waals surface area contributed by atoms with Crippen molar-refractivity contribution in [3.8, 4) is 23.3 Å². The normalized spacial score (nSPS) is 34.4. The van der Waals surface area contributed by atoms with Crippen LogP contribution in [0.4, 0.5) is 0 Å². The zero-order valence-electron chi connectivity index (χ0n) is 19.9. The first-order valence-electron chi connectivity index (χ1n) is 12.7. The number of furan rings is 1. The monoisotopic (exact) mass is 474 g/mol. The Hall–Kier alpha value is -2.95. The first-order chi connectivity index (χ1) is 16.9. The van der Waals surface area contributed by atoms with E-state index in [1.54, 1.807) is 24.1 Å². The number of rotatable bonds is 3. The average molecular weight is 475 g/mol. The number of hydrogen-bond acceptors (Lipinski definition) is 6. The first kappa shape index (κ1) is 21.3. The Morgan fingerprint density at radius 3 is 2.89 bits per heavy atom. The summed E-state index contributed by atoms with van der Waals surface area (Å²) >= 11 is 0. The summed E-state index contributed by atoms with van der Waals surface area (Å²) < 4.78 is 11.6. The van der Waals surface area contributed by atoms with Crippen LogP contribution in [0.1, 0.15) is 48.8 Å². The predicted molar refractivity (Wildman–Crippen MR) is 127 cm³/mol. The van der Waals surface area contributed by atoms with Crippen molar-refractivity contribution in [1.82, 2.24) is 9.80 Å². The molecular formula is C28H30N2O5. The van der Waals surface area contributed by atoms with Gasteiger partial charge in [0, 0.05) is 31.1 Å². The van der Waals surface area contributed by atoms with Gasteiger partial charge < -0.3 is 24.3 Å². The number of carbonyl (C=O) groups excluding carboxylic acids is 1. The van der Waals surface area contributed by atoms with Crippen LogP contribution in [0.15, 0.2) is 35.1 Å². The Morgan fingerprint density at radius 2 is 2.11 bits per heavy atom. The Labute approximate surface area is 204 Å². The number of piperidine rings is 1. The molecule has 2 saturated carbocycles. The van der Waals surface area contributed by atoms with E-state index in [1.807, 2.05) is 6.07 Å². The molecule has 0 unspecified atom stereocenters. The molecule has 7 heteroatoms. The molecule has 7 rings (SSSR count). The van der Waals surface area contributed by atoms with E-state index in [1.165, 1.54) is 25.4 Å². The number of hydrogen-bond donors (Lipinski definition) is 2. The van der Waals surface area contributed by atoms with Crippen molar-refractivity contribution in [1.29, 1.82) is 0 Å². The lowest BCUT2D eigenvalue weighted by atomic mass is 9.48. The number of phenols is 1. The van der Waals surface area contributed by atoms with Crippen molar-refractivity contribution in [2.45, 2.75) is 67.7 Å². The number of amides is 1. The highest BCUT2D eigenvalue weighted by Gasteiger charge is 2.73. The quantitative estimate of drug-likeness (QED) is 0.665. The number of likely N-dealkylation sites (N-methyl/N-ethyl adjacent to an activating group) is 1. The SMILES string of the molecule is CN(C(=O)C#Cc1ccoc1)[C@H]1CC[C@@]2(O)[C@H]3Cc4ccc(O)c5c4[C@@]2(CCN3CC2CC2)[C@H]1O5. The maximum absolute atomic E-state index is 13.1. The summed E-state index contributed by atoms with van der Waals surface area (Å²) in [5, 5.41) is 23.3. The van der Waals surface area contributed by atoms with Gasteiger partial charge in [-0.05, 0) is 68.7 Å². The number of aromatic hydroxyl groups is 1. The molecule has 5 aliphatic rings. The summed E-state index contributed by atoms with van der Waals surface area (Å²) in [6.07, 6.45) is 7.89. The Balaban J connectivity index is 1.29. The zero-order valence-corrected chi connectivity index (χ0v) is 19.9. The molecule has 1 amide bonds. The van der Waals surface area contributed by atoms with Gasteiger partial charge in [0.1, 0.15) is 12.4 Å². The Morgan fingerprint density at radius 1 is 1.26 bits per heavy atom. The molecule has 5 atom stereocenters. The number of carbonyl (C=O) groups is 1. The topological polar surface area (TPSA) is 86.4 Å². The summed E-state index contributed by atoms with van der Waals surface area (Å²) in [6, 6.07) is 5.21. The van der Waals surface area contributed by atoms with Gasteiger partial charge in [0.05, 0.1) is 28.9 Å². The molecule has 1 spiro atoms. The highest BCUT2D eigenvalue weighted by Crippen LogP contribution is 2.66. The minimum Gasteiger partial charge on any atom is -0.504 e. The van der Waals surface area contributed by atoms with Gasteiger partial charge >= 0.3 is 0 Å². The fourth-order valence-corrected chi connectivity index (χ4v) is 7.55. The molecule has 7 nitrogen and oxygen atoms in total. The van der Waals surface area contributed by atoms with E-state index in [-0.39, 0.29) is 23.7 Å². The van der Waals surface area contributed by atoms with Gasteiger partial charge in [0.15, 0.2) is 11.5 Å². The number of aliphatic hydroxyl groups is 1. The van der Waals surface area contributed by atoms with E-state index in [0.717, 1.165) is 43.0 Å². The first-order valence-corrected chi connectivity index (χ1v) is 12.7. The average Bonchev–Trinajstić information content (AvgIpc) is 3.36. The van der Waals surface area contributed by atoms with Gasteiger partial charge in [0.2, 0.25) is 0 Å². The maximum Gasteiger partial charge on any atom is 0.298 e. The Bertz CT molecular complexity index is 1260. The summed E-state index contributed by atoms with van der Waals surface area (Å²) in [7, 11) is 1.77. The second-order valence-corrected chi connectivity index (χ2v) is 11.1. The third-order valence-corrected chi connectivity index (χ3v) is 9.38. The van der Waals surface area contributed by atoms with E-state index in [9.17, 15) is 15.0 Å². The van der Waals surface area contributed by atoms with Crippen LogP contribution in [0.25, 0.3) is 0 Å².